The summed E-state index contributed by atoms with van der Waals surface area (Å²) in [6, 6.07) is 2.76. The van der Waals surface area contributed by atoms with Crippen molar-refractivity contribution in [1.82, 2.24) is 4.98 Å². The standard InChI is InChI=1S/C15H21NO8/c1-3-19-7-9-21-14(17)23-12-5-6-13(16-11-12)24-15(18)22-10-8-20-4-2/h5-6,11H,3-4,7-10H2,1-2H3. The predicted molar refractivity (Wildman–Crippen MR) is 81.2 cm³/mol. The van der Waals surface area contributed by atoms with Gasteiger partial charge in [0.1, 0.15) is 13.2 Å². The molecule has 24 heavy (non-hydrogen) atoms. The van der Waals surface area contributed by atoms with Crippen molar-refractivity contribution >= 4 is 12.3 Å². The maximum absolute atomic E-state index is 11.4. The highest BCUT2D eigenvalue weighted by atomic mass is 16.7. The highest BCUT2D eigenvalue weighted by Crippen LogP contribution is 2.14. The van der Waals surface area contributed by atoms with Crippen LogP contribution in [0, 0.1) is 0 Å². The van der Waals surface area contributed by atoms with Crippen molar-refractivity contribution in [1.29, 1.82) is 0 Å². The fourth-order valence-electron chi connectivity index (χ4n) is 1.38. The van der Waals surface area contributed by atoms with Crippen molar-refractivity contribution in [3.8, 4) is 11.6 Å². The van der Waals surface area contributed by atoms with E-state index in [1.54, 1.807) is 0 Å². The SMILES string of the molecule is CCOCCOC(=O)Oc1ccc(OC(=O)OCCOCC)nc1. The minimum absolute atomic E-state index is 0.00785. The smallest absolute Gasteiger partial charge is 0.432 e. The van der Waals surface area contributed by atoms with E-state index in [2.05, 4.69) is 4.98 Å². The average molecular weight is 343 g/mol. The van der Waals surface area contributed by atoms with Crippen molar-refractivity contribution in [2.45, 2.75) is 13.8 Å². The van der Waals surface area contributed by atoms with E-state index >= 15 is 0 Å². The zero-order valence-electron chi connectivity index (χ0n) is 13.7. The first-order valence-corrected chi connectivity index (χ1v) is 7.46. The quantitative estimate of drug-likeness (QED) is 0.467. The van der Waals surface area contributed by atoms with E-state index < -0.39 is 12.3 Å². The van der Waals surface area contributed by atoms with Gasteiger partial charge in [0.2, 0.25) is 5.88 Å². The zero-order chi connectivity index (χ0) is 17.6. The first-order valence-electron chi connectivity index (χ1n) is 7.46. The van der Waals surface area contributed by atoms with Crippen LogP contribution in [-0.4, -0.2) is 56.9 Å². The first-order chi connectivity index (χ1) is 11.7. The Kier molecular flexibility index (Phi) is 9.90. The largest absolute Gasteiger partial charge is 0.515 e. The van der Waals surface area contributed by atoms with Crippen LogP contribution in [0.1, 0.15) is 13.8 Å². The van der Waals surface area contributed by atoms with Crippen molar-refractivity contribution in [3.63, 3.8) is 0 Å². The molecule has 9 heteroatoms. The Balaban J connectivity index is 2.29. The number of hydrogen-bond acceptors (Lipinski definition) is 9. The molecule has 0 aliphatic rings. The van der Waals surface area contributed by atoms with Gasteiger partial charge in [0.05, 0.1) is 19.4 Å². The summed E-state index contributed by atoms with van der Waals surface area (Å²) in [6.45, 7) is 5.51. The normalized spacial score (nSPS) is 10.1. The van der Waals surface area contributed by atoms with Crippen LogP contribution in [0.25, 0.3) is 0 Å². The zero-order valence-corrected chi connectivity index (χ0v) is 13.7. The van der Waals surface area contributed by atoms with E-state index in [0.29, 0.717) is 19.8 Å². The molecule has 134 valence electrons. The maximum Gasteiger partial charge on any atom is 0.515 e. The minimum Gasteiger partial charge on any atom is -0.432 e. The molecule has 0 N–H and O–H groups in total. The lowest BCUT2D eigenvalue weighted by atomic mass is 10.4. The van der Waals surface area contributed by atoms with Gasteiger partial charge in [-0.1, -0.05) is 0 Å². The topological polar surface area (TPSA) is 102 Å². The summed E-state index contributed by atoms with van der Waals surface area (Å²) in [5, 5.41) is 0. The molecule has 0 atom stereocenters. The van der Waals surface area contributed by atoms with Gasteiger partial charge in [-0.2, -0.15) is 0 Å². The molecule has 0 fully saturated rings. The Labute approximate surface area is 139 Å². The predicted octanol–water partition coefficient (Wildman–Crippen LogP) is 2.19. The number of carbonyl (C=O) groups is 2. The number of nitrogens with zero attached hydrogens (tertiary/aromatic N) is 1. The third-order valence-electron chi connectivity index (χ3n) is 2.40. The van der Waals surface area contributed by atoms with Gasteiger partial charge >= 0.3 is 12.3 Å². The lowest BCUT2D eigenvalue weighted by molar-refractivity contribution is 0.0543. The van der Waals surface area contributed by atoms with Crippen molar-refractivity contribution in [2.24, 2.45) is 0 Å². The molecular weight excluding hydrogens is 322 g/mol. The number of carbonyl (C=O) groups excluding carboxylic acids is 2. The van der Waals surface area contributed by atoms with E-state index in [-0.39, 0.29) is 31.5 Å². The number of aromatic nitrogens is 1. The third kappa shape index (κ3) is 8.91. The van der Waals surface area contributed by atoms with Crippen molar-refractivity contribution in [2.75, 3.05) is 39.6 Å². The monoisotopic (exact) mass is 343 g/mol. The van der Waals surface area contributed by atoms with Crippen LogP contribution < -0.4 is 9.47 Å². The second-order valence-electron chi connectivity index (χ2n) is 4.13. The van der Waals surface area contributed by atoms with Gasteiger partial charge in [0.15, 0.2) is 5.75 Å². The van der Waals surface area contributed by atoms with Gasteiger partial charge in [-0.15, -0.1) is 0 Å². The highest BCUT2D eigenvalue weighted by Gasteiger charge is 2.09. The maximum atomic E-state index is 11.4. The molecule has 0 aliphatic carbocycles. The fourth-order valence-corrected chi connectivity index (χ4v) is 1.38. The molecule has 0 radical (unpaired) electrons. The summed E-state index contributed by atoms with van der Waals surface area (Å²) in [4.78, 5) is 26.5. The molecule has 0 saturated carbocycles. The molecule has 0 spiro atoms. The van der Waals surface area contributed by atoms with E-state index in [1.807, 2.05) is 13.8 Å². The fraction of sp³-hybridized carbons (Fsp3) is 0.533. The molecule has 9 nitrogen and oxygen atoms in total. The Morgan fingerprint density at radius 2 is 1.46 bits per heavy atom. The third-order valence-corrected chi connectivity index (χ3v) is 2.40. The molecule has 0 unspecified atom stereocenters. The Morgan fingerprint density at radius 1 is 0.875 bits per heavy atom. The molecule has 0 amide bonds. The van der Waals surface area contributed by atoms with Crippen LogP contribution in [0.5, 0.6) is 11.6 Å². The lowest BCUT2D eigenvalue weighted by Crippen LogP contribution is -2.15. The number of pyridine rings is 1. The van der Waals surface area contributed by atoms with Gasteiger partial charge in [-0.3, -0.25) is 0 Å². The first kappa shape index (κ1) is 19.7. The van der Waals surface area contributed by atoms with Crippen LogP contribution in [0.4, 0.5) is 9.59 Å². The molecule has 0 bridgehead atoms. The second-order valence-corrected chi connectivity index (χ2v) is 4.13. The lowest BCUT2D eigenvalue weighted by Gasteiger charge is -2.07. The average Bonchev–Trinajstić information content (AvgIpc) is 2.57. The van der Waals surface area contributed by atoms with E-state index in [0.717, 1.165) is 0 Å². The molecule has 0 aromatic carbocycles. The molecule has 1 aromatic heterocycles. The van der Waals surface area contributed by atoms with Crippen LogP contribution in [0.15, 0.2) is 18.3 Å². The molecule has 1 heterocycles. The van der Waals surface area contributed by atoms with Gasteiger partial charge in [-0.25, -0.2) is 14.6 Å². The van der Waals surface area contributed by atoms with Gasteiger partial charge < -0.3 is 28.4 Å². The summed E-state index contributed by atoms with van der Waals surface area (Å²) in [7, 11) is 0. The van der Waals surface area contributed by atoms with Gasteiger partial charge in [0.25, 0.3) is 0 Å². The number of hydrogen-bond donors (Lipinski definition) is 0. The summed E-state index contributed by atoms with van der Waals surface area (Å²) in [6.07, 6.45) is -0.557. The van der Waals surface area contributed by atoms with Gasteiger partial charge in [0, 0.05) is 19.3 Å². The molecule has 1 aromatic rings. The number of rotatable bonds is 10. The molecule has 0 aliphatic heterocycles. The van der Waals surface area contributed by atoms with Crippen molar-refractivity contribution < 1.29 is 38.0 Å². The van der Waals surface area contributed by atoms with Crippen LogP contribution in [0.2, 0.25) is 0 Å². The Bertz CT molecular complexity index is 446. The number of ether oxygens (including phenoxy) is 6. The van der Waals surface area contributed by atoms with Gasteiger partial charge in [-0.05, 0) is 19.9 Å². The molecule has 0 saturated heterocycles. The summed E-state index contributed by atoms with van der Waals surface area (Å²) < 4.78 is 29.3. The van der Waals surface area contributed by atoms with Crippen LogP contribution in [0.3, 0.4) is 0 Å². The van der Waals surface area contributed by atoms with Crippen molar-refractivity contribution in [3.05, 3.63) is 18.3 Å². The summed E-state index contributed by atoms with van der Waals surface area (Å²) in [5.74, 6) is 0.155. The van der Waals surface area contributed by atoms with Crippen LogP contribution >= 0.6 is 0 Å². The van der Waals surface area contributed by atoms with Crippen LogP contribution in [-0.2, 0) is 18.9 Å². The van der Waals surface area contributed by atoms with E-state index in [9.17, 15) is 9.59 Å². The summed E-state index contributed by atoms with van der Waals surface area (Å²) in [5.41, 5.74) is 0. The second kappa shape index (κ2) is 12.1. The molecule has 1 rings (SSSR count). The molecular formula is C15H21NO8. The van der Waals surface area contributed by atoms with E-state index in [4.69, 9.17) is 28.4 Å². The minimum atomic E-state index is -0.897. The Hall–Kier alpha value is -2.39. The highest BCUT2D eigenvalue weighted by molar-refractivity contribution is 5.64. The summed E-state index contributed by atoms with van der Waals surface area (Å²) >= 11 is 0. The van der Waals surface area contributed by atoms with E-state index in [1.165, 1.54) is 18.3 Å². The Morgan fingerprint density at radius 3 is 1.96 bits per heavy atom.